The van der Waals surface area contributed by atoms with E-state index in [0.29, 0.717) is 18.8 Å². The molecule has 8 nitrogen and oxygen atoms in total. The Morgan fingerprint density at radius 3 is 2.43 bits per heavy atom. The Morgan fingerprint density at radius 1 is 1.33 bits per heavy atom. The van der Waals surface area contributed by atoms with Gasteiger partial charge in [-0.15, -0.1) is 0 Å². The number of non-ortho nitro benzene ring substituents is 1. The Labute approximate surface area is 121 Å². The number of esters is 1. The quantitative estimate of drug-likeness (QED) is 0.457. The Kier molecular flexibility index (Phi) is 5.65. The number of nitro groups is 1. The van der Waals surface area contributed by atoms with Crippen molar-refractivity contribution in [1.82, 2.24) is 0 Å². The molecule has 0 atom stereocenters. The lowest BCUT2D eigenvalue weighted by molar-refractivity contribution is -0.384. The number of hydrogen-bond donors (Lipinski definition) is 1. The van der Waals surface area contributed by atoms with Gasteiger partial charge in [0.1, 0.15) is 0 Å². The van der Waals surface area contributed by atoms with Crippen LogP contribution in [0.5, 0.6) is 0 Å². The molecule has 0 saturated carbocycles. The van der Waals surface area contributed by atoms with Gasteiger partial charge in [-0.3, -0.25) is 14.9 Å². The van der Waals surface area contributed by atoms with Crippen molar-refractivity contribution in [1.29, 1.82) is 0 Å². The lowest BCUT2D eigenvalue weighted by Crippen LogP contribution is -2.26. The maximum atomic E-state index is 12.0. The molecule has 0 aliphatic rings. The van der Waals surface area contributed by atoms with E-state index in [-0.39, 0.29) is 11.3 Å². The van der Waals surface area contributed by atoms with Gasteiger partial charge in [-0.1, -0.05) is 0 Å². The summed E-state index contributed by atoms with van der Waals surface area (Å²) < 4.78 is 4.74. The van der Waals surface area contributed by atoms with E-state index in [1.165, 1.54) is 12.1 Å². The second-order valence-electron chi connectivity index (χ2n) is 4.17. The first-order chi connectivity index (χ1) is 9.90. The largest absolute Gasteiger partial charge is 0.452 e. The summed E-state index contributed by atoms with van der Waals surface area (Å²) in [7, 11) is 0. The van der Waals surface area contributed by atoms with Gasteiger partial charge in [0.15, 0.2) is 6.61 Å². The number of hydrogen-bond acceptors (Lipinski definition) is 6. The van der Waals surface area contributed by atoms with Crippen molar-refractivity contribution in [3.63, 3.8) is 0 Å². The molecule has 0 aliphatic heterocycles. The summed E-state index contributed by atoms with van der Waals surface area (Å²) in [4.78, 5) is 34.7. The van der Waals surface area contributed by atoms with Crippen LogP contribution in [0, 0.1) is 10.1 Å². The highest BCUT2D eigenvalue weighted by atomic mass is 16.6. The van der Waals surface area contributed by atoms with Crippen LogP contribution < -0.4 is 10.6 Å². The third-order valence-electron chi connectivity index (χ3n) is 2.86. The van der Waals surface area contributed by atoms with Crippen LogP contribution in [0.4, 0.5) is 11.4 Å². The van der Waals surface area contributed by atoms with Crippen molar-refractivity contribution >= 4 is 23.3 Å². The van der Waals surface area contributed by atoms with Crippen LogP contribution in [0.15, 0.2) is 18.2 Å². The van der Waals surface area contributed by atoms with Gasteiger partial charge in [-0.25, -0.2) is 4.79 Å². The molecular weight excluding hydrogens is 278 g/mol. The number of nitrogens with zero attached hydrogens (tertiary/aromatic N) is 2. The number of primary amides is 1. The molecule has 21 heavy (non-hydrogen) atoms. The first kappa shape index (κ1) is 16.4. The Bertz CT molecular complexity index is 555. The van der Waals surface area contributed by atoms with Crippen molar-refractivity contribution in [3.8, 4) is 0 Å². The summed E-state index contributed by atoms with van der Waals surface area (Å²) in [6, 6.07) is 3.95. The van der Waals surface area contributed by atoms with Gasteiger partial charge in [0.2, 0.25) is 0 Å². The highest BCUT2D eigenvalue weighted by Crippen LogP contribution is 2.26. The molecule has 0 aliphatic carbocycles. The van der Waals surface area contributed by atoms with Crippen LogP contribution >= 0.6 is 0 Å². The Morgan fingerprint density at radius 2 is 1.95 bits per heavy atom. The molecule has 0 aromatic heterocycles. The minimum atomic E-state index is -0.820. The molecule has 0 saturated heterocycles. The number of anilines is 1. The van der Waals surface area contributed by atoms with Crippen molar-refractivity contribution in [3.05, 3.63) is 33.9 Å². The summed E-state index contributed by atoms with van der Waals surface area (Å²) in [6.07, 6.45) is 0. The van der Waals surface area contributed by atoms with Gasteiger partial charge < -0.3 is 15.4 Å². The summed E-state index contributed by atoms with van der Waals surface area (Å²) in [5, 5.41) is 10.8. The molecule has 0 radical (unpaired) electrons. The van der Waals surface area contributed by atoms with Gasteiger partial charge in [-0.2, -0.15) is 0 Å². The SMILES string of the molecule is CCN(CC)c1ccc([N+](=O)[O-])cc1C(=O)OCC(N)=O. The minimum Gasteiger partial charge on any atom is -0.452 e. The number of rotatable bonds is 7. The maximum Gasteiger partial charge on any atom is 0.341 e. The predicted molar refractivity (Wildman–Crippen MR) is 76.1 cm³/mol. The molecule has 8 heteroatoms. The molecule has 114 valence electrons. The number of carbonyl (C=O) groups is 2. The van der Waals surface area contributed by atoms with Gasteiger partial charge in [-0.05, 0) is 19.9 Å². The molecule has 0 spiro atoms. The smallest absolute Gasteiger partial charge is 0.341 e. The maximum absolute atomic E-state index is 12.0. The average Bonchev–Trinajstić information content (AvgIpc) is 2.46. The Hall–Kier alpha value is -2.64. The molecule has 0 bridgehead atoms. The van der Waals surface area contributed by atoms with Crippen LogP contribution in [0.1, 0.15) is 24.2 Å². The third kappa shape index (κ3) is 4.16. The van der Waals surface area contributed by atoms with Crippen LogP contribution in [0.25, 0.3) is 0 Å². The molecule has 1 aromatic rings. The fourth-order valence-corrected chi connectivity index (χ4v) is 1.86. The number of nitro benzene ring substituents is 1. The molecule has 1 rings (SSSR count). The van der Waals surface area contributed by atoms with Crippen LogP contribution in [-0.4, -0.2) is 36.5 Å². The van der Waals surface area contributed by atoms with Crippen molar-refractivity contribution in [2.24, 2.45) is 5.73 Å². The minimum absolute atomic E-state index is 0.0363. The van der Waals surface area contributed by atoms with Crippen molar-refractivity contribution in [2.45, 2.75) is 13.8 Å². The van der Waals surface area contributed by atoms with E-state index in [1.54, 1.807) is 0 Å². The zero-order valence-electron chi connectivity index (χ0n) is 11.9. The molecule has 2 N–H and O–H groups in total. The van der Waals surface area contributed by atoms with E-state index in [2.05, 4.69) is 0 Å². The van der Waals surface area contributed by atoms with E-state index in [4.69, 9.17) is 10.5 Å². The van der Waals surface area contributed by atoms with E-state index in [9.17, 15) is 19.7 Å². The highest BCUT2D eigenvalue weighted by Gasteiger charge is 2.21. The highest BCUT2D eigenvalue weighted by molar-refractivity contribution is 5.97. The number of amides is 1. The van der Waals surface area contributed by atoms with Gasteiger partial charge in [0.05, 0.1) is 16.2 Å². The zero-order valence-corrected chi connectivity index (χ0v) is 11.9. The van der Waals surface area contributed by atoms with Crippen molar-refractivity contribution in [2.75, 3.05) is 24.6 Å². The first-order valence-corrected chi connectivity index (χ1v) is 6.39. The van der Waals surface area contributed by atoms with E-state index in [1.807, 2.05) is 18.7 Å². The third-order valence-corrected chi connectivity index (χ3v) is 2.86. The molecule has 0 heterocycles. The fraction of sp³-hybridized carbons (Fsp3) is 0.385. The number of ether oxygens (including phenoxy) is 1. The van der Waals surface area contributed by atoms with Gasteiger partial charge >= 0.3 is 5.97 Å². The van der Waals surface area contributed by atoms with Crippen LogP contribution in [0.3, 0.4) is 0 Å². The first-order valence-electron chi connectivity index (χ1n) is 6.39. The number of benzene rings is 1. The summed E-state index contributed by atoms with van der Waals surface area (Å²) in [6.45, 7) is 4.45. The van der Waals surface area contributed by atoms with Crippen molar-refractivity contribution < 1.29 is 19.2 Å². The Balaban J connectivity index is 3.21. The van der Waals surface area contributed by atoms with Crippen LogP contribution in [0.2, 0.25) is 0 Å². The normalized spacial score (nSPS) is 10.0. The second-order valence-corrected chi connectivity index (χ2v) is 4.17. The lowest BCUT2D eigenvalue weighted by Gasteiger charge is -2.23. The van der Waals surface area contributed by atoms with Crippen LogP contribution in [-0.2, 0) is 9.53 Å². The molecule has 1 aromatic carbocycles. The topological polar surface area (TPSA) is 116 Å². The molecule has 1 amide bonds. The number of carbonyl (C=O) groups excluding carboxylic acids is 2. The summed E-state index contributed by atoms with van der Waals surface area (Å²) >= 11 is 0. The van der Waals surface area contributed by atoms with Gasteiger partial charge in [0, 0.05) is 25.2 Å². The zero-order chi connectivity index (χ0) is 16.0. The predicted octanol–water partition coefficient (Wildman–Crippen LogP) is 1.08. The monoisotopic (exact) mass is 295 g/mol. The molecule has 0 unspecified atom stereocenters. The van der Waals surface area contributed by atoms with Gasteiger partial charge in [0.25, 0.3) is 11.6 Å². The van der Waals surface area contributed by atoms with E-state index < -0.39 is 23.4 Å². The average molecular weight is 295 g/mol. The summed E-state index contributed by atoms with van der Waals surface area (Å²) in [5.41, 5.74) is 5.24. The second kappa shape index (κ2) is 7.22. The molecular formula is C13H17N3O5. The number of nitrogens with two attached hydrogens (primary N) is 1. The van der Waals surface area contributed by atoms with E-state index >= 15 is 0 Å². The fourth-order valence-electron chi connectivity index (χ4n) is 1.86. The van der Waals surface area contributed by atoms with E-state index in [0.717, 1.165) is 6.07 Å². The molecule has 0 fully saturated rings. The summed E-state index contributed by atoms with van der Waals surface area (Å²) in [5.74, 6) is -1.61. The lowest BCUT2D eigenvalue weighted by atomic mass is 10.1. The standard InChI is InChI=1S/C13H17N3O5/c1-3-15(4-2)11-6-5-9(16(19)20)7-10(11)13(18)21-8-12(14)17/h5-7H,3-4,8H2,1-2H3,(H2,14,17).